The zero-order valence-corrected chi connectivity index (χ0v) is 12.6. The van der Waals surface area contributed by atoms with Gasteiger partial charge in [0.05, 0.1) is 7.11 Å². The lowest BCUT2D eigenvalue weighted by atomic mass is 10.0. The van der Waals surface area contributed by atoms with Gasteiger partial charge in [-0.2, -0.15) is 15.0 Å². The summed E-state index contributed by atoms with van der Waals surface area (Å²) in [6, 6.07) is 0.725. The normalized spacial score (nSPS) is 16.9. The molecule has 112 valence electrons. The molecule has 1 aliphatic carbocycles. The van der Waals surface area contributed by atoms with Gasteiger partial charge in [-0.15, -0.1) is 0 Å². The Hall–Kier alpha value is -1.59. The molecule has 6 nitrogen and oxygen atoms in total. The molecule has 20 heavy (non-hydrogen) atoms. The molecule has 1 fully saturated rings. The third-order valence-corrected chi connectivity index (χ3v) is 3.79. The number of methoxy groups -OCH3 is 1. The van der Waals surface area contributed by atoms with E-state index < -0.39 is 0 Å². The first-order valence-corrected chi connectivity index (χ1v) is 7.53. The Kier molecular flexibility index (Phi) is 5.38. The zero-order chi connectivity index (χ0) is 14.4. The molecule has 1 unspecified atom stereocenters. The number of hydrogen-bond acceptors (Lipinski definition) is 6. The summed E-state index contributed by atoms with van der Waals surface area (Å²) in [6.07, 6.45) is 6.27. The lowest BCUT2D eigenvalue weighted by Crippen LogP contribution is -2.25. The average molecular weight is 279 g/mol. The van der Waals surface area contributed by atoms with Gasteiger partial charge in [0, 0.05) is 12.6 Å². The summed E-state index contributed by atoms with van der Waals surface area (Å²) in [4.78, 5) is 12.9. The van der Waals surface area contributed by atoms with E-state index in [4.69, 9.17) is 4.74 Å². The summed E-state index contributed by atoms with van der Waals surface area (Å²) in [6.45, 7) is 5.14. The maximum absolute atomic E-state index is 5.14. The van der Waals surface area contributed by atoms with Crippen molar-refractivity contribution in [1.29, 1.82) is 0 Å². The van der Waals surface area contributed by atoms with E-state index in [1.54, 1.807) is 7.11 Å². The number of hydrogen-bond donors (Lipinski definition) is 2. The second-order valence-corrected chi connectivity index (χ2v) is 5.37. The SMILES string of the molecule is CCCNc1nc(NC(C)C2CCCC2)nc(OC)n1. The highest BCUT2D eigenvalue weighted by atomic mass is 16.5. The Labute approximate surface area is 120 Å². The summed E-state index contributed by atoms with van der Waals surface area (Å²) in [5.41, 5.74) is 0. The number of nitrogens with one attached hydrogen (secondary N) is 2. The van der Waals surface area contributed by atoms with Gasteiger partial charge >= 0.3 is 6.01 Å². The minimum absolute atomic E-state index is 0.347. The molecule has 6 heteroatoms. The van der Waals surface area contributed by atoms with Gasteiger partial charge in [-0.3, -0.25) is 0 Å². The lowest BCUT2D eigenvalue weighted by molar-refractivity contribution is 0.378. The van der Waals surface area contributed by atoms with Crippen LogP contribution in [0.25, 0.3) is 0 Å². The Morgan fingerprint density at radius 1 is 1.20 bits per heavy atom. The lowest BCUT2D eigenvalue weighted by Gasteiger charge is -2.20. The Bertz CT molecular complexity index is 420. The molecule has 1 aromatic heterocycles. The Balaban J connectivity index is 2.04. The molecule has 0 radical (unpaired) electrons. The van der Waals surface area contributed by atoms with E-state index in [0.717, 1.165) is 13.0 Å². The van der Waals surface area contributed by atoms with Gasteiger partial charge in [0.2, 0.25) is 11.9 Å². The van der Waals surface area contributed by atoms with E-state index in [9.17, 15) is 0 Å². The summed E-state index contributed by atoms with van der Waals surface area (Å²) >= 11 is 0. The largest absolute Gasteiger partial charge is 0.467 e. The van der Waals surface area contributed by atoms with Crippen molar-refractivity contribution in [3.05, 3.63) is 0 Å². The van der Waals surface area contributed by atoms with E-state index >= 15 is 0 Å². The van der Waals surface area contributed by atoms with Crippen LogP contribution < -0.4 is 15.4 Å². The van der Waals surface area contributed by atoms with Crippen molar-refractivity contribution in [2.75, 3.05) is 24.3 Å². The molecule has 1 atom stereocenters. The second-order valence-electron chi connectivity index (χ2n) is 5.37. The monoisotopic (exact) mass is 279 g/mol. The van der Waals surface area contributed by atoms with Crippen LogP contribution in [0.2, 0.25) is 0 Å². The zero-order valence-electron chi connectivity index (χ0n) is 12.6. The molecule has 0 aromatic carbocycles. The second kappa shape index (κ2) is 7.26. The average Bonchev–Trinajstić information content (AvgIpc) is 2.99. The maximum Gasteiger partial charge on any atom is 0.322 e. The fourth-order valence-corrected chi connectivity index (χ4v) is 2.61. The van der Waals surface area contributed by atoms with Crippen LogP contribution in [0.15, 0.2) is 0 Å². The van der Waals surface area contributed by atoms with E-state index in [1.807, 2.05) is 0 Å². The molecule has 0 saturated heterocycles. The molecule has 2 N–H and O–H groups in total. The predicted octanol–water partition coefficient (Wildman–Crippen LogP) is 2.69. The first-order chi connectivity index (χ1) is 9.72. The van der Waals surface area contributed by atoms with Crippen LogP contribution in [0.3, 0.4) is 0 Å². The van der Waals surface area contributed by atoms with Gasteiger partial charge in [-0.05, 0) is 32.1 Å². The van der Waals surface area contributed by atoms with Crippen molar-refractivity contribution in [1.82, 2.24) is 15.0 Å². The topological polar surface area (TPSA) is 72.0 Å². The van der Waals surface area contributed by atoms with Crippen molar-refractivity contribution < 1.29 is 4.74 Å². The molecule has 1 aliphatic rings. The maximum atomic E-state index is 5.14. The molecular weight excluding hydrogens is 254 g/mol. The smallest absolute Gasteiger partial charge is 0.322 e. The van der Waals surface area contributed by atoms with Crippen LogP contribution in [-0.2, 0) is 0 Å². The van der Waals surface area contributed by atoms with E-state index in [1.165, 1.54) is 25.7 Å². The molecule has 1 heterocycles. The van der Waals surface area contributed by atoms with E-state index in [-0.39, 0.29) is 0 Å². The molecule has 0 aliphatic heterocycles. The van der Waals surface area contributed by atoms with Gasteiger partial charge < -0.3 is 15.4 Å². The Morgan fingerprint density at radius 2 is 1.90 bits per heavy atom. The summed E-state index contributed by atoms with van der Waals surface area (Å²) in [5.74, 6) is 1.87. The standard InChI is InChI=1S/C14H25N5O/c1-4-9-15-12-17-13(19-14(18-12)20-3)16-10(2)11-7-5-6-8-11/h10-11H,4-9H2,1-3H3,(H2,15,16,17,18,19). The van der Waals surface area contributed by atoms with Gasteiger partial charge in [-0.25, -0.2) is 0 Å². The fourth-order valence-electron chi connectivity index (χ4n) is 2.61. The summed E-state index contributed by atoms with van der Waals surface area (Å²) in [5, 5.41) is 6.56. The number of nitrogens with zero attached hydrogens (tertiary/aromatic N) is 3. The quantitative estimate of drug-likeness (QED) is 0.799. The number of rotatable bonds is 7. The van der Waals surface area contributed by atoms with Crippen molar-refractivity contribution in [2.24, 2.45) is 5.92 Å². The highest BCUT2D eigenvalue weighted by Gasteiger charge is 2.22. The Morgan fingerprint density at radius 3 is 2.55 bits per heavy atom. The molecule has 0 spiro atoms. The van der Waals surface area contributed by atoms with Gasteiger partial charge in [0.25, 0.3) is 0 Å². The molecular formula is C14H25N5O. The first kappa shape index (κ1) is 14.8. The molecule has 1 saturated carbocycles. The third kappa shape index (κ3) is 3.95. The highest BCUT2D eigenvalue weighted by molar-refractivity contribution is 5.36. The number of ether oxygens (including phenoxy) is 1. The van der Waals surface area contributed by atoms with Crippen LogP contribution in [-0.4, -0.2) is 34.6 Å². The molecule has 1 aromatic rings. The van der Waals surface area contributed by atoms with Crippen LogP contribution in [0.4, 0.5) is 11.9 Å². The van der Waals surface area contributed by atoms with E-state index in [2.05, 4.69) is 39.4 Å². The van der Waals surface area contributed by atoms with Crippen LogP contribution in [0.5, 0.6) is 6.01 Å². The predicted molar refractivity (Wildman–Crippen MR) is 80.2 cm³/mol. The minimum atomic E-state index is 0.347. The van der Waals surface area contributed by atoms with Crippen LogP contribution in [0, 0.1) is 5.92 Å². The van der Waals surface area contributed by atoms with E-state index in [0.29, 0.717) is 29.9 Å². The van der Waals surface area contributed by atoms with Crippen molar-refractivity contribution >= 4 is 11.9 Å². The number of anilines is 2. The highest BCUT2D eigenvalue weighted by Crippen LogP contribution is 2.28. The minimum Gasteiger partial charge on any atom is -0.467 e. The van der Waals surface area contributed by atoms with Gasteiger partial charge in [0.15, 0.2) is 0 Å². The molecule has 2 rings (SSSR count). The van der Waals surface area contributed by atoms with Gasteiger partial charge in [-0.1, -0.05) is 19.8 Å². The van der Waals surface area contributed by atoms with Crippen molar-refractivity contribution in [3.8, 4) is 6.01 Å². The van der Waals surface area contributed by atoms with Crippen LogP contribution in [0.1, 0.15) is 46.0 Å². The van der Waals surface area contributed by atoms with Crippen molar-refractivity contribution in [3.63, 3.8) is 0 Å². The molecule has 0 amide bonds. The number of aromatic nitrogens is 3. The fraction of sp³-hybridized carbons (Fsp3) is 0.786. The third-order valence-electron chi connectivity index (χ3n) is 3.79. The molecule has 0 bridgehead atoms. The summed E-state index contributed by atoms with van der Waals surface area (Å²) in [7, 11) is 1.57. The van der Waals surface area contributed by atoms with Gasteiger partial charge in [0.1, 0.15) is 0 Å². The van der Waals surface area contributed by atoms with Crippen LogP contribution >= 0.6 is 0 Å². The summed E-state index contributed by atoms with van der Waals surface area (Å²) < 4.78 is 5.14. The first-order valence-electron chi connectivity index (χ1n) is 7.53. The van der Waals surface area contributed by atoms with Crippen molar-refractivity contribution in [2.45, 2.75) is 52.0 Å².